The Hall–Kier alpha value is -1.46. The number of amides is 2. The lowest BCUT2D eigenvalue weighted by Crippen LogP contribution is -2.43. The van der Waals surface area contributed by atoms with Gasteiger partial charge in [-0.15, -0.1) is 0 Å². The zero-order valence-corrected chi connectivity index (χ0v) is 17.8. The molecule has 152 valence electrons. The fourth-order valence-corrected chi connectivity index (χ4v) is 2.28. The lowest BCUT2D eigenvalue weighted by Gasteiger charge is -2.22. The van der Waals surface area contributed by atoms with Gasteiger partial charge < -0.3 is 10.6 Å². The number of hydrogen-bond acceptors (Lipinski definition) is 4. The predicted octanol–water partition coefficient (Wildman–Crippen LogP) is 4.39. The van der Waals surface area contributed by atoms with E-state index in [2.05, 4.69) is 34.7 Å². The Morgan fingerprint density at radius 3 is 1.31 bits per heavy atom. The lowest BCUT2D eigenvalue weighted by molar-refractivity contribution is -0.127. The lowest BCUT2D eigenvalue weighted by atomic mass is 10.0. The first kappa shape index (κ1) is 24.5. The fourth-order valence-electron chi connectivity index (χ4n) is 2.28. The molecule has 0 aromatic carbocycles. The molecule has 0 unspecified atom stereocenters. The van der Waals surface area contributed by atoms with Crippen LogP contribution in [-0.4, -0.2) is 36.0 Å². The molecule has 0 atom stereocenters. The summed E-state index contributed by atoms with van der Waals surface area (Å²) in [5.74, 6) is -0.318. The van der Waals surface area contributed by atoms with Gasteiger partial charge in [-0.25, -0.2) is 0 Å². The van der Waals surface area contributed by atoms with Crippen LogP contribution in [0, 0.1) is 0 Å². The quantitative estimate of drug-likeness (QED) is 0.352. The highest BCUT2D eigenvalue weighted by molar-refractivity contribution is 5.86. The number of carbonyl (C=O) groups excluding carboxylic acids is 2. The fraction of sp³-hybridized carbons (Fsp3) is 0.900. The van der Waals surface area contributed by atoms with E-state index in [0.29, 0.717) is 13.1 Å². The third-order valence-corrected chi connectivity index (χ3v) is 4.29. The van der Waals surface area contributed by atoms with Gasteiger partial charge in [0.05, 0.1) is 0 Å². The second-order valence-electron chi connectivity index (χ2n) is 7.95. The molecule has 0 aliphatic carbocycles. The third-order valence-electron chi connectivity index (χ3n) is 4.29. The molecule has 0 bridgehead atoms. The van der Waals surface area contributed by atoms with Crippen molar-refractivity contribution in [1.29, 1.82) is 0 Å². The highest BCUT2D eigenvalue weighted by Gasteiger charge is 2.31. The van der Waals surface area contributed by atoms with Crippen LogP contribution in [0.15, 0.2) is 10.2 Å². The SMILES string of the molecule is CCCCCCNC(=O)C(C)(C)/N=N/C(C)(C)C(=O)NCCCCCC. The highest BCUT2D eigenvalue weighted by Crippen LogP contribution is 2.16. The van der Waals surface area contributed by atoms with Crippen LogP contribution in [0.1, 0.15) is 92.9 Å². The zero-order valence-electron chi connectivity index (χ0n) is 17.8. The maximum absolute atomic E-state index is 12.3. The van der Waals surface area contributed by atoms with E-state index >= 15 is 0 Å². The Kier molecular flexibility index (Phi) is 12.1. The van der Waals surface area contributed by atoms with E-state index in [-0.39, 0.29) is 11.8 Å². The molecule has 0 aromatic heterocycles. The number of unbranched alkanes of at least 4 members (excludes halogenated alkanes) is 6. The largest absolute Gasteiger partial charge is 0.354 e. The van der Waals surface area contributed by atoms with Crippen molar-refractivity contribution in [3.63, 3.8) is 0 Å². The molecule has 0 aliphatic heterocycles. The van der Waals surface area contributed by atoms with Crippen molar-refractivity contribution >= 4 is 11.8 Å². The molecule has 2 amide bonds. The van der Waals surface area contributed by atoms with Crippen molar-refractivity contribution in [2.75, 3.05) is 13.1 Å². The van der Waals surface area contributed by atoms with Gasteiger partial charge in [0.2, 0.25) is 11.8 Å². The van der Waals surface area contributed by atoms with Gasteiger partial charge in [-0.2, -0.15) is 10.2 Å². The number of nitrogens with zero attached hydrogens (tertiary/aromatic N) is 2. The first-order valence-corrected chi connectivity index (χ1v) is 10.2. The van der Waals surface area contributed by atoms with E-state index in [1.54, 1.807) is 27.7 Å². The Labute approximate surface area is 160 Å². The minimum Gasteiger partial charge on any atom is -0.354 e. The van der Waals surface area contributed by atoms with Gasteiger partial charge in [-0.05, 0) is 40.5 Å². The van der Waals surface area contributed by atoms with Crippen LogP contribution in [0.2, 0.25) is 0 Å². The van der Waals surface area contributed by atoms with E-state index < -0.39 is 11.1 Å². The second-order valence-corrected chi connectivity index (χ2v) is 7.95. The number of azo groups is 1. The number of rotatable bonds is 14. The van der Waals surface area contributed by atoms with Crippen molar-refractivity contribution in [1.82, 2.24) is 10.6 Å². The molecule has 0 rings (SSSR count). The van der Waals surface area contributed by atoms with Crippen LogP contribution in [0.5, 0.6) is 0 Å². The number of hydrogen-bond donors (Lipinski definition) is 2. The molecule has 0 spiro atoms. The molecule has 0 heterocycles. The molecule has 0 aromatic rings. The molecule has 0 fully saturated rings. The van der Waals surface area contributed by atoms with Crippen molar-refractivity contribution in [2.45, 2.75) is 104 Å². The zero-order chi connectivity index (χ0) is 20.1. The number of nitrogens with one attached hydrogen (secondary N) is 2. The summed E-state index contributed by atoms with van der Waals surface area (Å²) in [7, 11) is 0. The second kappa shape index (κ2) is 12.8. The summed E-state index contributed by atoms with van der Waals surface area (Å²) < 4.78 is 0. The molecule has 2 N–H and O–H groups in total. The van der Waals surface area contributed by atoms with Gasteiger partial charge in [0.25, 0.3) is 0 Å². The summed E-state index contributed by atoms with van der Waals surface area (Å²) in [5, 5.41) is 14.2. The molecular weight excluding hydrogens is 328 g/mol. The molecule has 0 aliphatic rings. The van der Waals surface area contributed by atoms with Gasteiger partial charge in [0.1, 0.15) is 0 Å². The van der Waals surface area contributed by atoms with E-state index in [4.69, 9.17) is 0 Å². The summed E-state index contributed by atoms with van der Waals surface area (Å²) in [4.78, 5) is 24.6. The smallest absolute Gasteiger partial charge is 0.249 e. The normalized spacial score (nSPS) is 12.4. The van der Waals surface area contributed by atoms with Crippen molar-refractivity contribution < 1.29 is 9.59 Å². The van der Waals surface area contributed by atoms with Gasteiger partial charge >= 0.3 is 0 Å². The molecule has 6 heteroatoms. The van der Waals surface area contributed by atoms with Gasteiger partial charge in [0, 0.05) is 13.1 Å². The summed E-state index contributed by atoms with van der Waals surface area (Å²) >= 11 is 0. The molecule has 26 heavy (non-hydrogen) atoms. The van der Waals surface area contributed by atoms with Crippen LogP contribution in [-0.2, 0) is 9.59 Å². The van der Waals surface area contributed by atoms with Gasteiger partial charge in [0.15, 0.2) is 11.1 Å². The first-order chi connectivity index (χ1) is 12.2. The van der Waals surface area contributed by atoms with Crippen LogP contribution >= 0.6 is 0 Å². The minimum absolute atomic E-state index is 0.159. The van der Waals surface area contributed by atoms with Crippen molar-refractivity contribution in [3.8, 4) is 0 Å². The Bertz CT molecular complexity index is 405. The molecule has 0 radical (unpaired) electrons. The first-order valence-electron chi connectivity index (χ1n) is 10.2. The molecule has 0 saturated heterocycles. The summed E-state index contributed by atoms with van der Waals surface area (Å²) in [6.07, 6.45) is 8.88. The van der Waals surface area contributed by atoms with E-state index in [1.165, 1.54) is 25.7 Å². The maximum atomic E-state index is 12.3. The minimum atomic E-state index is -0.983. The van der Waals surface area contributed by atoms with Crippen LogP contribution in [0.3, 0.4) is 0 Å². The van der Waals surface area contributed by atoms with Crippen LogP contribution in [0.25, 0.3) is 0 Å². The van der Waals surface area contributed by atoms with Crippen molar-refractivity contribution in [3.05, 3.63) is 0 Å². The Morgan fingerprint density at radius 1 is 0.654 bits per heavy atom. The average Bonchev–Trinajstić information content (AvgIpc) is 2.59. The Balaban J connectivity index is 4.42. The van der Waals surface area contributed by atoms with E-state index in [9.17, 15) is 9.59 Å². The third kappa shape index (κ3) is 10.5. The summed E-state index contributed by atoms with van der Waals surface area (Å²) in [5.41, 5.74) is -1.97. The maximum Gasteiger partial charge on any atom is 0.249 e. The molecule has 6 nitrogen and oxygen atoms in total. The Morgan fingerprint density at radius 2 is 1.00 bits per heavy atom. The average molecular weight is 369 g/mol. The monoisotopic (exact) mass is 368 g/mol. The molecular formula is C20H40N4O2. The predicted molar refractivity (Wildman–Crippen MR) is 107 cm³/mol. The summed E-state index contributed by atoms with van der Waals surface area (Å²) in [6.45, 7) is 12.5. The highest BCUT2D eigenvalue weighted by atomic mass is 16.2. The molecule has 0 saturated carbocycles. The van der Waals surface area contributed by atoms with Crippen LogP contribution < -0.4 is 10.6 Å². The van der Waals surface area contributed by atoms with Crippen LogP contribution in [0.4, 0.5) is 0 Å². The van der Waals surface area contributed by atoms with Gasteiger partial charge in [-0.1, -0.05) is 52.4 Å². The standard InChI is InChI=1S/C20H40N4O2/c1-7-9-11-13-15-21-17(25)19(3,4)23-24-20(5,6)18(26)22-16-14-12-10-8-2/h7-16H2,1-6H3,(H,21,25)(H,22,26)/b24-23+. The van der Waals surface area contributed by atoms with Crippen molar-refractivity contribution in [2.24, 2.45) is 10.2 Å². The van der Waals surface area contributed by atoms with E-state index in [1.807, 2.05) is 0 Å². The van der Waals surface area contributed by atoms with Gasteiger partial charge in [-0.3, -0.25) is 9.59 Å². The van der Waals surface area contributed by atoms with E-state index in [0.717, 1.165) is 25.7 Å². The topological polar surface area (TPSA) is 82.9 Å². The number of carbonyl (C=O) groups is 2. The summed E-state index contributed by atoms with van der Waals surface area (Å²) in [6, 6.07) is 0.